The number of esters is 1. The lowest BCUT2D eigenvalue weighted by molar-refractivity contribution is -0.154. The van der Waals surface area contributed by atoms with E-state index in [1.165, 1.54) is 6.92 Å². The zero-order valence-corrected chi connectivity index (χ0v) is 9.14. The van der Waals surface area contributed by atoms with E-state index in [0.717, 1.165) is 0 Å². The molecule has 4 heteroatoms. The van der Waals surface area contributed by atoms with Crippen molar-refractivity contribution in [3.63, 3.8) is 0 Å². The van der Waals surface area contributed by atoms with Crippen LogP contribution in [0, 0.1) is 11.8 Å². The third kappa shape index (κ3) is 1.92. The monoisotopic (exact) mass is 222 g/mol. The second-order valence-electron chi connectivity index (χ2n) is 4.30. The molecule has 16 heavy (non-hydrogen) atoms. The largest absolute Gasteiger partial charge is 0.458 e. The Morgan fingerprint density at radius 2 is 2.00 bits per heavy atom. The van der Waals surface area contributed by atoms with Crippen molar-refractivity contribution in [2.45, 2.75) is 32.3 Å². The minimum absolute atomic E-state index is 0.0419. The van der Waals surface area contributed by atoms with Crippen molar-refractivity contribution in [3.05, 3.63) is 12.2 Å². The summed E-state index contributed by atoms with van der Waals surface area (Å²) in [6.45, 7) is 1.31. The summed E-state index contributed by atoms with van der Waals surface area (Å²) in [5.41, 5.74) is 0. The maximum Gasteiger partial charge on any atom is 0.303 e. The Bertz CT molecular complexity index is 369. The van der Waals surface area contributed by atoms with Crippen LogP contribution < -0.4 is 0 Å². The number of ketones is 2. The summed E-state index contributed by atoms with van der Waals surface area (Å²) >= 11 is 0. The molecule has 0 radical (unpaired) electrons. The third-order valence-corrected chi connectivity index (χ3v) is 3.21. The minimum Gasteiger partial charge on any atom is -0.458 e. The second-order valence-corrected chi connectivity index (χ2v) is 4.30. The van der Waals surface area contributed by atoms with Crippen molar-refractivity contribution in [1.82, 2.24) is 0 Å². The highest BCUT2D eigenvalue weighted by atomic mass is 16.5. The Morgan fingerprint density at radius 1 is 1.31 bits per heavy atom. The highest BCUT2D eigenvalue weighted by Crippen LogP contribution is 2.35. The van der Waals surface area contributed by atoms with Gasteiger partial charge in [0.05, 0.1) is 5.92 Å². The van der Waals surface area contributed by atoms with Gasteiger partial charge in [0, 0.05) is 25.7 Å². The zero-order chi connectivity index (χ0) is 11.7. The van der Waals surface area contributed by atoms with Gasteiger partial charge in [-0.15, -0.1) is 0 Å². The predicted molar refractivity (Wildman–Crippen MR) is 55.5 cm³/mol. The number of hydrogen-bond acceptors (Lipinski definition) is 4. The molecule has 3 atom stereocenters. The molecule has 0 amide bonds. The fourth-order valence-electron chi connectivity index (χ4n) is 2.50. The summed E-state index contributed by atoms with van der Waals surface area (Å²) in [6.07, 6.45) is 4.21. The molecule has 0 saturated heterocycles. The van der Waals surface area contributed by atoms with Gasteiger partial charge >= 0.3 is 5.97 Å². The fourth-order valence-corrected chi connectivity index (χ4v) is 2.50. The van der Waals surface area contributed by atoms with Crippen LogP contribution in [0.1, 0.15) is 26.2 Å². The van der Waals surface area contributed by atoms with E-state index >= 15 is 0 Å². The Labute approximate surface area is 93.7 Å². The van der Waals surface area contributed by atoms with Crippen LogP contribution in [0.15, 0.2) is 12.2 Å². The van der Waals surface area contributed by atoms with E-state index in [0.29, 0.717) is 12.8 Å². The van der Waals surface area contributed by atoms with Gasteiger partial charge in [-0.3, -0.25) is 14.4 Å². The first kappa shape index (κ1) is 11.0. The topological polar surface area (TPSA) is 60.4 Å². The van der Waals surface area contributed by atoms with Gasteiger partial charge in [-0.1, -0.05) is 6.08 Å². The minimum atomic E-state index is -0.548. The maximum atomic E-state index is 11.8. The van der Waals surface area contributed by atoms with Crippen LogP contribution in [0.2, 0.25) is 0 Å². The summed E-state index contributed by atoms with van der Waals surface area (Å²) < 4.78 is 5.08. The van der Waals surface area contributed by atoms with Gasteiger partial charge in [0.1, 0.15) is 17.7 Å². The average Bonchev–Trinajstić information content (AvgIpc) is 2.23. The summed E-state index contributed by atoms with van der Waals surface area (Å²) in [7, 11) is 0. The van der Waals surface area contributed by atoms with Gasteiger partial charge in [-0.2, -0.15) is 0 Å². The Balaban J connectivity index is 2.23. The number of rotatable bonds is 1. The van der Waals surface area contributed by atoms with Gasteiger partial charge in [-0.05, 0) is 12.5 Å². The van der Waals surface area contributed by atoms with Crippen molar-refractivity contribution >= 4 is 17.5 Å². The van der Waals surface area contributed by atoms with Crippen LogP contribution >= 0.6 is 0 Å². The Morgan fingerprint density at radius 3 is 2.69 bits per heavy atom. The third-order valence-electron chi connectivity index (χ3n) is 3.21. The van der Waals surface area contributed by atoms with Gasteiger partial charge in [0.25, 0.3) is 0 Å². The van der Waals surface area contributed by atoms with Crippen LogP contribution in [0.4, 0.5) is 0 Å². The molecule has 4 nitrogen and oxygen atoms in total. The quantitative estimate of drug-likeness (QED) is 0.491. The summed E-state index contributed by atoms with van der Waals surface area (Å²) in [5.74, 6) is -0.988. The van der Waals surface area contributed by atoms with E-state index in [1.54, 1.807) is 6.08 Å². The SMILES string of the molecule is CC(=O)O[C@H]1C=CC[C@H]2C(=O)CCC(=O)[C@@H]12. The molecule has 0 aromatic rings. The van der Waals surface area contributed by atoms with E-state index in [2.05, 4.69) is 0 Å². The lowest BCUT2D eigenvalue weighted by atomic mass is 9.70. The van der Waals surface area contributed by atoms with Crippen LogP contribution in [0.25, 0.3) is 0 Å². The molecule has 0 spiro atoms. The Kier molecular flexibility index (Phi) is 2.90. The molecule has 2 rings (SSSR count). The normalized spacial score (nSPS) is 33.4. The number of carbonyl (C=O) groups is 3. The number of ether oxygens (including phenoxy) is 1. The van der Waals surface area contributed by atoms with Gasteiger partial charge in [0.15, 0.2) is 0 Å². The van der Waals surface area contributed by atoms with E-state index in [4.69, 9.17) is 4.74 Å². The molecule has 0 aliphatic heterocycles. The van der Waals surface area contributed by atoms with Crippen molar-refractivity contribution in [2.24, 2.45) is 11.8 Å². The van der Waals surface area contributed by atoms with E-state index < -0.39 is 18.0 Å². The molecule has 0 bridgehead atoms. The molecule has 0 heterocycles. The van der Waals surface area contributed by atoms with E-state index in [1.807, 2.05) is 6.08 Å². The van der Waals surface area contributed by atoms with E-state index in [-0.39, 0.29) is 23.9 Å². The lowest BCUT2D eigenvalue weighted by Crippen LogP contribution is -2.44. The summed E-state index contributed by atoms with van der Waals surface area (Å²) in [6, 6.07) is 0. The number of hydrogen-bond donors (Lipinski definition) is 0. The first-order valence-corrected chi connectivity index (χ1v) is 5.49. The van der Waals surface area contributed by atoms with Crippen molar-refractivity contribution in [3.8, 4) is 0 Å². The molecule has 0 aromatic heterocycles. The number of fused-ring (bicyclic) bond motifs is 1. The highest BCUT2D eigenvalue weighted by Gasteiger charge is 2.43. The summed E-state index contributed by atoms with van der Waals surface area (Å²) in [4.78, 5) is 34.4. The molecule has 86 valence electrons. The number of allylic oxidation sites excluding steroid dienone is 1. The van der Waals surface area contributed by atoms with E-state index in [9.17, 15) is 14.4 Å². The van der Waals surface area contributed by atoms with Crippen LogP contribution in [0.3, 0.4) is 0 Å². The molecule has 1 saturated carbocycles. The molecule has 1 fully saturated rings. The average molecular weight is 222 g/mol. The smallest absolute Gasteiger partial charge is 0.303 e. The molecule has 2 aliphatic rings. The van der Waals surface area contributed by atoms with Gasteiger partial charge < -0.3 is 4.74 Å². The lowest BCUT2D eigenvalue weighted by Gasteiger charge is -2.35. The Hall–Kier alpha value is -1.45. The molecule has 2 aliphatic carbocycles. The van der Waals surface area contributed by atoms with Gasteiger partial charge in [-0.25, -0.2) is 0 Å². The van der Waals surface area contributed by atoms with Crippen molar-refractivity contribution < 1.29 is 19.1 Å². The molecular formula is C12H14O4. The first-order valence-electron chi connectivity index (χ1n) is 5.49. The van der Waals surface area contributed by atoms with Crippen molar-refractivity contribution in [1.29, 1.82) is 0 Å². The van der Waals surface area contributed by atoms with Crippen molar-refractivity contribution in [2.75, 3.05) is 0 Å². The maximum absolute atomic E-state index is 11.8. The van der Waals surface area contributed by atoms with Crippen LogP contribution in [-0.2, 0) is 19.1 Å². The van der Waals surface area contributed by atoms with Crippen LogP contribution in [-0.4, -0.2) is 23.6 Å². The molecular weight excluding hydrogens is 208 g/mol. The van der Waals surface area contributed by atoms with Crippen LogP contribution in [0.5, 0.6) is 0 Å². The zero-order valence-electron chi connectivity index (χ0n) is 9.14. The van der Waals surface area contributed by atoms with Gasteiger partial charge in [0.2, 0.25) is 0 Å². The number of carbonyl (C=O) groups excluding carboxylic acids is 3. The first-order chi connectivity index (χ1) is 7.59. The fraction of sp³-hybridized carbons (Fsp3) is 0.583. The number of Topliss-reactive ketones (excluding diaryl/α,β-unsaturated/α-hetero) is 2. The second kappa shape index (κ2) is 4.20. The highest BCUT2D eigenvalue weighted by molar-refractivity contribution is 5.97. The standard InChI is InChI=1S/C12H14O4/c1-7(13)16-11-4-2-3-8-9(14)5-6-10(15)12(8)11/h2,4,8,11-12H,3,5-6H2,1H3/t8-,11-,12-/m0/s1. The summed E-state index contributed by atoms with van der Waals surface area (Å²) in [5, 5.41) is 0. The molecule has 0 unspecified atom stereocenters. The predicted octanol–water partition coefficient (Wildman–Crippen LogP) is 1.04. The molecule has 0 N–H and O–H groups in total. The molecule has 0 aromatic carbocycles.